The number of hydrogen-bond donors (Lipinski definition) is 2. The topological polar surface area (TPSA) is 93.6 Å². The van der Waals surface area contributed by atoms with E-state index in [0.29, 0.717) is 5.56 Å². The highest BCUT2D eigenvalue weighted by atomic mass is 35.5. The summed E-state index contributed by atoms with van der Waals surface area (Å²) >= 11 is 6.11. The van der Waals surface area contributed by atoms with Crippen LogP contribution in [0.2, 0.25) is 5.02 Å². The number of nitrogens with one attached hydrogen (secondary N) is 1. The number of hydrogen-bond acceptors (Lipinski definition) is 6. The minimum atomic E-state index is -3.76. The molecular weight excluding hydrogens is 396 g/mol. The average molecular weight is 406 g/mol. The number of nitrogens with zero attached hydrogens (tertiary/aromatic N) is 2. The molecule has 0 saturated heterocycles. The van der Waals surface area contributed by atoms with E-state index in [1.54, 1.807) is 12.1 Å². The molecule has 2 N–H and O–H groups in total. The van der Waals surface area contributed by atoms with Crippen LogP contribution in [0.5, 0.6) is 17.2 Å². The van der Waals surface area contributed by atoms with Crippen molar-refractivity contribution < 1.29 is 28.2 Å². The van der Waals surface area contributed by atoms with Gasteiger partial charge in [0.2, 0.25) is 0 Å². The molecule has 1 aliphatic heterocycles. The van der Waals surface area contributed by atoms with Gasteiger partial charge in [-0.1, -0.05) is 23.7 Å². The minimum absolute atomic E-state index is 0.0770. The first-order chi connectivity index (χ1) is 13.3. The summed E-state index contributed by atoms with van der Waals surface area (Å²) in [6.07, 6.45) is -1.18. The van der Waals surface area contributed by atoms with Gasteiger partial charge in [-0.2, -0.15) is 0 Å². The molecule has 142 valence electrons. The van der Waals surface area contributed by atoms with Gasteiger partial charge in [0.1, 0.15) is 5.75 Å². The van der Waals surface area contributed by atoms with Gasteiger partial charge in [-0.15, -0.1) is 8.78 Å². The number of aromatic hydroxyl groups is 1. The van der Waals surface area contributed by atoms with Crippen LogP contribution in [0.4, 0.5) is 14.6 Å². The van der Waals surface area contributed by atoms with E-state index in [4.69, 9.17) is 11.6 Å². The fraction of sp³-hybridized carbons (Fsp3) is 0.0556. The van der Waals surface area contributed by atoms with E-state index in [1.807, 2.05) is 0 Å². The second-order valence-corrected chi connectivity index (χ2v) is 6.11. The Labute approximate surface area is 161 Å². The maximum absolute atomic E-state index is 13.2. The number of aromatic nitrogens is 2. The highest BCUT2D eigenvalue weighted by Gasteiger charge is 2.43. The predicted molar refractivity (Wildman–Crippen MR) is 94.7 cm³/mol. The van der Waals surface area contributed by atoms with Gasteiger partial charge < -0.3 is 19.9 Å². The summed E-state index contributed by atoms with van der Waals surface area (Å²) in [6, 6.07) is 8.50. The van der Waals surface area contributed by atoms with Crippen LogP contribution in [0.15, 0.2) is 48.8 Å². The van der Waals surface area contributed by atoms with E-state index >= 15 is 0 Å². The number of para-hydroxylation sites is 1. The van der Waals surface area contributed by atoms with Crippen LogP contribution < -0.4 is 14.8 Å². The lowest BCUT2D eigenvalue weighted by atomic mass is 10.1. The number of phenolic OH excluding ortho intramolecular Hbond substituents is 1. The summed E-state index contributed by atoms with van der Waals surface area (Å²) < 4.78 is 35.1. The van der Waals surface area contributed by atoms with E-state index in [2.05, 4.69) is 24.8 Å². The van der Waals surface area contributed by atoms with Crippen LogP contribution in [-0.4, -0.2) is 27.3 Å². The zero-order chi connectivity index (χ0) is 19.9. The number of phenols is 1. The molecule has 0 aliphatic carbocycles. The number of halogens is 3. The molecule has 2 aromatic carbocycles. The van der Waals surface area contributed by atoms with E-state index in [-0.39, 0.29) is 39.3 Å². The molecule has 0 unspecified atom stereocenters. The molecule has 0 bridgehead atoms. The normalized spacial score (nSPS) is 14.0. The number of ether oxygens (including phenoxy) is 2. The lowest BCUT2D eigenvalue weighted by Crippen LogP contribution is -2.25. The molecule has 0 fully saturated rings. The van der Waals surface area contributed by atoms with Crippen molar-refractivity contribution in [1.29, 1.82) is 0 Å². The lowest BCUT2D eigenvalue weighted by molar-refractivity contribution is -0.286. The second kappa shape index (κ2) is 6.61. The Morgan fingerprint density at radius 1 is 1.11 bits per heavy atom. The number of anilines is 1. The number of carbonyl (C=O) groups excluding carboxylic acids is 1. The van der Waals surface area contributed by atoms with Gasteiger partial charge in [-0.05, 0) is 18.2 Å². The molecule has 7 nitrogen and oxygen atoms in total. The number of alkyl halides is 2. The van der Waals surface area contributed by atoms with Gasteiger partial charge >= 0.3 is 6.29 Å². The molecule has 0 atom stereocenters. The smallest absolute Gasteiger partial charge is 0.507 e. The van der Waals surface area contributed by atoms with Crippen molar-refractivity contribution in [2.75, 3.05) is 5.32 Å². The molecule has 0 spiro atoms. The Hall–Kier alpha value is -3.46. The van der Waals surface area contributed by atoms with Gasteiger partial charge in [0.05, 0.1) is 28.7 Å². The number of fused-ring (bicyclic) bond motifs is 1. The highest BCUT2D eigenvalue weighted by Crippen LogP contribution is 2.45. The maximum Gasteiger partial charge on any atom is 0.586 e. The molecule has 10 heteroatoms. The van der Waals surface area contributed by atoms with E-state index in [1.165, 1.54) is 36.7 Å². The summed E-state index contributed by atoms with van der Waals surface area (Å²) in [5, 5.41) is 12.3. The molecule has 0 saturated carbocycles. The number of carbonyl (C=O) groups is 1. The molecular formula is C18H10ClF2N3O4. The molecule has 0 radical (unpaired) electrons. The molecule has 1 amide bonds. The van der Waals surface area contributed by atoms with E-state index < -0.39 is 12.2 Å². The van der Waals surface area contributed by atoms with Crippen molar-refractivity contribution in [3.05, 3.63) is 59.4 Å². The molecule has 3 aromatic rings. The first kappa shape index (κ1) is 17.9. The zero-order valence-electron chi connectivity index (χ0n) is 13.8. The second-order valence-electron chi connectivity index (χ2n) is 5.70. The van der Waals surface area contributed by atoms with Gasteiger partial charge in [-0.3, -0.25) is 9.78 Å². The van der Waals surface area contributed by atoms with Crippen LogP contribution in [0, 0.1) is 0 Å². The van der Waals surface area contributed by atoms with Crippen molar-refractivity contribution in [3.63, 3.8) is 0 Å². The van der Waals surface area contributed by atoms with E-state index in [0.717, 1.165) is 0 Å². The minimum Gasteiger partial charge on any atom is -0.507 e. The Kier molecular flexibility index (Phi) is 4.23. The maximum atomic E-state index is 13.2. The Morgan fingerprint density at radius 3 is 2.50 bits per heavy atom. The third kappa shape index (κ3) is 3.39. The number of rotatable bonds is 3. The Bertz CT molecular complexity index is 1080. The van der Waals surface area contributed by atoms with Crippen LogP contribution in [0.25, 0.3) is 11.3 Å². The van der Waals surface area contributed by atoms with Gasteiger partial charge in [0.15, 0.2) is 17.3 Å². The molecule has 28 heavy (non-hydrogen) atoms. The van der Waals surface area contributed by atoms with Gasteiger partial charge in [0, 0.05) is 11.6 Å². The summed E-state index contributed by atoms with van der Waals surface area (Å²) in [5.41, 5.74) is 0.646. The molecule has 4 rings (SSSR count). The van der Waals surface area contributed by atoms with Crippen LogP contribution >= 0.6 is 11.6 Å². The SMILES string of the molecule is O=C(Nc1cnc(-c2cc3c(cc2Cl)OC(F)(F)O3)cn1)c1ccccc1O. The molecule has 1 aromatic heterocycles. The molecule has 2 heterocycles. The fourth-order valence-corrected chi connectivity index (χ4v) is 2.80. The van der Waals surface area contributed by atoms with Crippen molar-refractivity contribution >= 4 is 23.3 Å². The first-order valence-electron chi connectivity index (χ1n) is 7.83. The van der Waals surface area contributed by atoms with Gasteiger partial charge in [-0.25, -0.2) is 4.98 Å². The van der Waals surface area contributed by atoms with Gasteiger partial charge in [0.25, 0.3) is 5.91 Å². The van der Waals surface area contributed by atoms with Crippen molar-refractivity contribution in [1.82, 2.24) is 9.97 Å². The standard InChI is InChI=1S/C18H10ClF2N3O4/c19-11-6-15-14(27-18(20,21)28-15)5-10(11)12-7-23-16(8-22-12)24-17(26)9-3-1-2-4-13(9)25/h1-8,25H,(H,23,24,26). The van der Waals surface area contributed by atoms with E-state index in [9.17, 15) is 18.7 Å². The van der Waals surface area contributed by atoms with Crippen molar-refractivity contribution in [2.24, 2.45) is 0 Å². The van der Waals surface area contributed by atoms with Crippen molar-refractivity contribution in [3.8, 4) is 28.5 Å². The third-order valence-electron chi connectivity index (χ3n) is 3.81. The average Bonchev–Trinajstić information content (AvgIpc) is 2.95. The zero-order valence-corrected chi connectivity index (χ0v) is 14.6. The third-order valence-corrected chi connectivity index (χ3v) is 4.12. The number of amides is 1. The molecule has 1 aliphatic rings. The number of benzene rings is 2. The largest absolute Gasteiger partial charge is 0.586 e. The Morgan fingerprint density at radius 2 is 1.82 bits per heavy atom. The fourth-order valence-electron chi connectivity index (χ4n) is 2.55. The summed E-state index contributed by atoms with van der Waals surface area (Å²) in [7, 11) is 0. The predicted octanol–water partition coefficient (Wildman–Crippen LogP) is 4.08. The summed E-state index contributed by atoms with van der Waals surface area (Å²) in [5.74, 6) is -0.973. The first-order valence-corrected chi connectivity index (χ1v) is 8.21. The summed E-state index contributed by atoms with van der Waals surface area (Å²) in [4.78, 5) is 20.4. The lowest BCUT2D eigenvalue weighted by Gasteiger charge is -2.08. The van der Waals surface area contributed by atoms with Crippen LogP contribution in [-0.2, 0) is 0 Å². The monoisotopic (exact) mass is 405 g/mol. The van der Waals surface area contributed by atoms with Crippen molar-refractivity contribution in [2.45, 2.75) is 6.29 Å². The summed E-state index contributed by atoms with van der Waals surface area (Å²) in [6.45, 7) is 0. The highest BCUT2D eigenvalue weighted by molar-refractivity contribution is 6.33. The Balaban J connectivity index is 1.56. The van der Waals surface area contributed by atoms with Crippen LogP contribution in [0.1, 0.15) is 10.4 Å². The quantitative estimate of drug-likeness (QED) is 0.682. The van der Waals surface area contributed by atoms with Crippen LogP contribution in [0.3, 0.4) is 0 Å².